The maximum Gasteiger partial charge on any atom is 0.0463 e. The molecule has 0 bridgehead atoms. The van der Waals surface area contributed by atoms with Crippen LogP contribution in [0.2, 0.25) is 0 Å². The zero-order valence-corrected chi connectivity index (χ0v) is 8.04. The van der Waals surface area contributed by atoms with Gasteiger partial charge < -0.3 is 5.32 Å². The van der Waals surface area contributed by atoms with Crippen LogP contribution >= 0.6 is 24.2 Å². The van der Waals surface area contributed by atoms with Gasteiger partial charge in [0.1, 0.15) is 0 Å². The van der Waals surface area contributed by atoms with Crippen LogP contribution in [-0.2, 0) is 0 Å². The number of thioether (sulfide) groups is 1. The van der Waals surface area contributed by atoms with Crippen LogP contribution in [0.4, 0.5) is 0 Å². The topological polar surface area (TPSA) is 12.0 Å². The molecule has 0 aliphatic rings. The van der Waals surface area contributed by atoms with E-state index in [1.807, 2.05) is 24.9 Å². The van der Waals surface area contributed by atoms with Gasteiger partial charge in [0.25, 0.3) is 0 Å². The molecule has 0 unspecified atom stereocenters. The minimum atomic E-state index is 0. The summed E-state index contributed by atoms with van der Waals surface area (Å²) in [4.78, 5) is 1.32. The first-order valence-corrected chi connectivity index (χ1v) is 4.24. The predicted octanol–water partition coefficient (Wildman–Crippen LogP) is 2.38. The molecule has 3 heteroatoms. The molecule has 0 fully saturated rings. The average molecular weight is 190 g/mol. The first kappa shape index (κ1) is 10.8. The smallest absolute Gasteiger partial charge is 0.0463 e. The molecule has 1 N–H and O–H groups in total. The fraction of sp³-hybridized carbons (Fsp3) is 0.250. The van der Waals surface area contributed by atoms with E-state index in [1.165, 1.54) is 4.90 Å². The average Bonchev–Trinajstić information content (AvgIpc) is 2.03. The van der Waals surface area contributed by atoms with Crippen molar-refractivity contribution in [1.29, 1.82) is 0 Å². The van der Waals surface area contributed by atoms with E-state index in [-0.39, 0.29) is 12.4 Å². The molecule has 0 heterocycles. The molecule has 0 atom stereocenters. The Balaban J connectivity index is 0.000001000. The molecule has 0 saturated heterocycles. The number of halogens is 1. The van der Waals surface area contributed by atoms with Gasteiger partial charge in [0.15, 0.2) is 0 Å². The fourth-order valence-electron chi connectivity index (χ4n) is 0.672. The third kappa shape index (κ3) is 4.30. The zero-order valence-electron chi connectivity index (χ0n) is 6.41. The molecule has 1 nitrogen and oxygen atoms in total. The molecule has 0 spiro atoms. The van der Waals surface area contributed by atoms with Crippen molar-refractivity contribution in [2.75, 3.05) is 12.9 Å². The van der Waals surface area contributed by atoms with Crippen LogP contribution in [0.15, 0.2) is 35.2 Å². The highest BCUT2D eigenvalue weighted by molar-refractivity contribution is 7.99. The standard InChI is InChI=1S/C8H11NS.ClH/c1-9-7-10-8-5-3-2-4-6-8;/h2-6,9H,7H2,1H3;1H. The lowest BCUT2D eigenvalue weighted by Gasteiger charge is -1.97. The van der Waals surface area contributed by atoms with Gasteiger partial charge in [0.05, 0.1) is 0 Å². The summed E-state index contributed by atoms with van der Waals surface area (Å²) >= 11 is 1.81. The summed E-state index contributed by atoms with van der Waals surface area (Å²) in [6.45, 7) is 0. The molecule has 1 aromatic carbocycles. The van der Waals surface area contributed by atoms with Crippen LogP contribution in [-0.4, -0.2) is 12.9 Å². The lowest BCUT2D eigenvalue weighted by Crippen LogP contribution is -2.02. The van der Waals surface area contributed by atoms with Crippen LogP contribution in [0, 0.1) is 0 Å². The van der Waals surface area contributed by atoms with Crippen molar-refractivity contribution < 1.29 is 0 Å². The highest BCUT2D eigenvalue weighted by Gasteiger charge is 1.87. The minimum Gasteiger partial charge on any atom is -0.311 e. The van der Waals surface area contributed by atoms with Crippen LogP contribution in [0.3, 0.4) is 0 Å². The summed E-state index contributed by atoms with van der Waals surface area (Å²) < 4.78 is 0. The van der Waals surface area contributed by atoms with Crippen LogP contribution in [0.25, 0.3) is 0 Å². The third-order valence-electron chi connectivity index (χ3n) is 1.13. The van der Waals surface area contributed by atoms with E-state index in [1.54, 1.807) is 0 Å². The molecule has 1 rings (SSSR count). The molecular weight excluding hydrogens is 178 g/mol. The van der Waals surface area contributed by atoms with Crippen molar-refractivity contribution >= 4 is 24.2 Å². The van der Waals surface area contributed by atoms with Gasteiger partial charge in [-0.15, -0.1) is 24.2 Å². The van der Waals surface area contributed by atoms with Crippen molar-refractivity contribution in [3.63, 3.8) is 0 Å². The number of rotatable bonds is 3. The third-order valence-corrected chi connectivity index (χ3v) is 2.16. The van der Waals surface area contributed by atoms with Gasteiger partial charge in [-0.05, 0) is 19.2 Å². The fourth-order valence-corrected chi connectivity index (χ4v) is 1.33. The Labute approximate surface area is 78.0 Å². The summed E-state index contributed by atoms with van der Waals surface area (Å²) in [6, 6.07) is 10.4. The van der Waals surface area contributed by atoms with E-state index in [0.29, 0.717) is 0 Å². The monoisotopic (exact) mass is 189 g/mol. The maximum absolute atomic E-state index is 3.08. The summed E-state index contributed by atoms with van der Waals surface area (Å²) in [5, 5.41) is 3.08. The van der Waals surface area contributed by atoms with E-state index in [9.17, 15) is 0 Å². The Morgan fingerprint density at radius 2 is 1.91 bits per heavy atom. The molecule has 0 aliphatic carbocycles. The first-order chi connectivity index (χ1) is 4.93. The van der Waals surface area contributed by atoms with Crippen molar-refractivity contribution in [3.05, 3.63) is 30.3 Å². The Hall–Kier alpha value is -0.180. The molecular formula is C8H12ClNS. The SMILES string of the molecule is CNCSc1ccccc1.Cl. The van der Waals surface area contributed by atoms with E-state index >= 15 is 0 Å². The summed E-state index contributed by atoms with van der Waals surface area (Å²) in [5.41, 5.74) is 0. The molecule has 62 valence electrons. The molecule has 0 aromatic heterocycles. The van der Waals surface area contributed by atoms with Crippen LogP contribution in [0.1, 0.15) is 0 Å². The molecule has 0 saturated carbocycles. The van der Waals surface area contributed by atoms with Gasteiger partial charge in [0.2, 0.25) is 0 Å². The second-order valence-corrected chi connectivity index (χ2v) is 3.00. The predicted molar refractivity (Wildman–Crippen MR) is 53.5 cm³/mol. The Morgan fingerprint density at radius 3 is 2.45 bits per heavy atom. The normalized spacial score (nSPS) is 8.82. The Kier molecular flexibility index (Phi) is 6.42. The molecule has 0 amide bonds. The Morgan fingerprint density at radius 1 is 1.27 bits per heavy atom. The highest BCUT2D eigenvalue weighted by atomic mass is 35.5. The Bertz CT molecular complexity index is 179. The lowest BCUT2D eigenvalue weighted by atomic mass is 10.4. The van der Waals surface area contributed by atoms with Gasteiger partial charge in [-0.3, -0.25) is 0 Å². The summed E-state index contributed by atoms with van der Waals surface area (Å²) in [5.74, 6) is 0.976. The van der Waals surface area contributed by atoms with Crippen molar-refractivity contribution in [1.82, 2.24) is 5.32 Å². The second kappa shape index (κ2) is 6.53. The quantitative estimate of drug-likeness (QED) is 0.579. The maximum atomic E-state index is 3.08. The van der Waals surface area contributed by atoms with Gasteiger partial charge in [0, 0.05) is 10.8 Å². The summed E-state index contributed by atoms with van der Waals surface area (Å²) in [6.07, 6.45) is 0. The molecule has 11 heavy (non-hydrogen) atoms. The minimum absolute atomic E-state index is 0. The molecule has 1 aromatic rings. The van der Waals surface area contributed by atoms with Crippen LogP contribution in [0.5, 0.6) is 0 Å². The molecule has 0 aliphatic heterocycles. The summed E-state index contributed by atoms with van der Waals surface area (Å²) in [7, 11) is 1.95. The van der Waals surface area contributed by atoms with E-state index in [4.69, 9.17) is 0 Å². The number of benzene rings is 1. The highest BCUT2D eigenvalue weighted by Crippen LogP contribution is 2.14. The van der Waals surface area contributed by atoms with E-state index in [2.05, 4.69) is 29.6 Å². The molecule has 0 radical (unpaired) electrons. The van der Waals surface area contributed by atoms with Gasteiger partial charge in [-0.25, -0.2) is 0 Å². The second-order valence-electron chi connectivity index (χ2n) is 1.96. The van der Waals surface area contributed by atoms with Crippen LogP contribution < -0.4 is 5.32 Å². The van der Waals surface area contributed by atoms with Crippen molar-refractivity contribution in [3.8, 4) is 0 Å². The van der Waals surface area contributed by atoms with E-state index in [0.717, 1.165) is 5.88 Å². The van der Waals surface area contributed by atoms with Crippen molar-refractivity contribution in [2.45, 2.75) is 4.90 Å². The number of hydrogen-bond donors (Lipinski definition) is 1. The first-order valence-electron chi connectivity index (χ1n) is 3.26. The largest absolute Gasteiger partial charge is 0.311 e. The number of nitrogens with one attached hydrogen (secondary N) is 1. The number of hydrogen-bond acceptors (Lipinski definition) is 2. The lowest BCUT2D eigenvalue weighted by molar-refractivity contribution is 0.982. The van der Waals surface area contributed by atoms with Gasteiger partial charge in [-0.1, -0.05) is 18.2 Å². The van der Waals surface area contributed by atoms with E-state index < -0.39 is 0 Å². The van der Waals surface area contributed by atoms with Crippen molar-refractivity contribution in [2.24, 2.45) is 0 Å². The van der Waals surface area contributed by atoms with Gasteiger partial charge >= 0.3 is 0 Å². The zero-order chi connectivity index (χ0) is 7.23. The van der Waals surface area contributed by atoms with Gasteiger partial charge in [-0.2, -0.15) is 0 Å².